The van der Waals surface area contributed by atoms with Gasteiger partial charge in [0.25, 0.3) is 5.91 Å². The first-order chi connectivity index (χ1) is 14.6. The number of carbonyl (C=O) groups excluding carboxylic acids is 1. The SMILES string of the molecule is Cc1ncn(-c2cc(NCCNC(=O)c3ccc(-c4cccs4)cc3)ncn2)c1C. The molecule has 0 fully saturated rings. The molecule has 4 aromatic rings. The number of nitrogens with one attached hydrogen (secondary N) is 2. The van der Waals surface area contributed by atoms with Crippen molar-refractivity contribution >= 4 is 23.1 Å². The summed E-state index contributed by atoms with van der Waals surface area (Å²) < 4.78 is 1.92. The first-order valence-electron chi connectivity index (χ1n) is 9.61. The normalized spacial score (nSPS) is 10.7. The molecule has 8 heteroatoms. The van der Waals surface area contributed by atoms with Gasteiger partial charge in [0.1, 0.15) is 24.3 Å². The van der Waals surface area contributed by atoms with Gasteiger partial charge in [-0.15, -0.1) is 11.3 Å². The van der Waals surface area contributed by atoms with E-state index in [1.807, 2.05) is 60.2 Å². The summed E-state index contributed by atoms with van der Waals surface area (Å²) in [4.78, 5) is 26.4. The highest BCUT2D eigenvalue weighted by atomic mass is 32.1. The number of aryl methyl sites for hydroxylation is 1. The third kappa shape index (κ3) is 4.38. The van der Waals surface area contributed by atoms with Gasteiger partial charge in [-0.3, -0.25) is 9.36 Å². The van der Waals surface area contributed by atoms with Crippen LogP contribution in [0, 0.1) is 13.8 Å². The van der Waals surface area contributed by atoms with Gasteiger partial charge in [-0.25, -0.2) is 15.0 Å². The summed E-state index contributed by atoms with van der Waals surface area (Å²) in [7, 11) is 0. The molecule has 0 radical (unpaired) electrons. The molecular weight excluding hydrogens is 396 g/mol. The van der Waals surface area contributed by atoms with E-state index in [4.69, 9.17) is 0 Å². The van der Waals surface area contributed by atoms with E-state index in [9.17, 15) is 4.79 Å². The van der Waals surface area contributed by atoms with Crippen molar-refractivity contribution in [3.05, 3.63) is 77.5 Å². The zero-order valence-corrected chi connectivity index (χ0v) is 17.6. The molecule has 0 aliphatic heterocycles. The Bertz CT molecular complexity index is 1130. The van der Waals surface area contributed by atoms with Crippen molar-refractivity contribution in [1.29, 1.82) is 0 Å². The second-order valence-electron chi connectivity index (χ2n) is 6.78. The van der Waals surface area contributed by atoms with Crippen molar-refractivity contribution in [2.75, 3.05) is 18.4 Å². The van der Waals surface area contributed by atoms with Gasteiger partial charge in [0, 0.05) is 35.3 Å². The van der Waals surface area contributed by atoms with Gasteiger partial charge in [-0.2, -0.15) is 0 Å². The summed E-state index contributed by atoms with van der Waals surface area (Å²) in [6, 6.07) is 13.6. The van der Waals surface area contributed by atoms with Gasteiger partial charge in [-0.05, 0) is 43.0 Å². The predicted molar refractivity (Wildman–Crippen MR) is 119 cm³/mol. The summed E-state index contributed by atoms with van der Waals surface area (Å²) >= 11 is 1.68. The number of aromatic nitrogens is 4. The molecule has 0 spiro atoms. The lowest BCUT2D eigenvalue weighted by Crippen LogP contribution is -2.28. The molecule has 4 rings (SSSR count). The van der Waals surface area contributed by atoms with Crippen molar-refractivity contribution in [3.8, 4) is 16.3 Å². The number of nitrogens with zero attached hydrogens (tertiary/aromatic N) is 4. The van der Waals surface area contributed by atoms with Crippen LogP contribution in [0.1, 0.15) is 21.7 Å². The molecule has 2 N–H and O–H groups in total. The van der Waals surface area contributed by atoms with Gasteiger partial charge in [-0.1, -0.05) is 18.2 Å². The maximum Gasteiger partial charge on any atom is 0.251 e. The smallest absolute Gasteiger partial charge is 0.251 e. The van der Waals surface area contributed by atoms with Crippen molar-refractivity contribution in [3.63, 3.8) is 0 Å². The number of rotatable bonds is 7. The maximum absolute atomic E-state index is 12.4. The summed E-state index contributed by atoms with van der Waals surface area (Å²) in [5.74, 6) is 1.35. The zero-order valence-electron chi connectivity index (χ0n) is 16.8. The van der Waals surface area contributed by atoms with E-state index in [-0.39, 0.29) is 5.91 Å². The quantitative estimate of drug-likeness (QED) is 0.445. The number of hydrogen-bond acceptors (Lipinski definition) is 6. The molecule has 30 heavy (non-hydrogen) atoms. The molecule has 0 unspecified atom stereocenters. The molecule has 0 saturated heterocycles. The Hall–Kier alpha value is -3.52. The van der Waals surface area contributed by atoms with E-state index in [1.165, 1.54) is 11.2 Å². The Labute approximate surface area is 178 Å². The van der Waals surface area contributed by atoms with Crippen LogP contribution in [0.15, 0.2) is 60.5 Å². The van der Waals surface area contributed by atoms with Crippen molar-refractivity contribution in [2.45, 2.75) is 13.8 Å². The molecule has 0 aliphatic carbocycles. The number of imidazole rings is 1. The van der Waals surface area contributed by atoms with Crippen LogP contribution in [0.25, 0.3) is 16.3 Å². The van der Waals surface area contributed by atoms with Crippen LogP contribution < -0.4 is 10.6 Å². The second kappa shape index (κ2) is 8.87. The fraction of sp³-hybridized carbons (Fsp3) is 0.182. The molecule has 3 aromatic heterocycles. The third-order valence-electron chi connectivity index (χ3n) is 4.82. The predicted octanol–water partition coefficient (Wildman–Crippen LogP) is 3.85. The van der Waals surface area contributed by atoms with Gasteiger partial charge < -0.3 is 10.6 Å². The molecule has 0 bridgehead atoms. The van der Waals surface area contributed by atoms with Crippen molar-refractivity contribution in [1.82, 2.24) is 24.8 Å². The fourth-order valence-electron chi connectivity index (χ4n) is 3.00. The maximum atomic E-state index is 12.4. The minimum atomic E-state index is -0.0950. The third-order valence-corrected chi connectivity index (χ3v) is 5.74. The van der Waals surface area contributed by atoms with Crippen LogP contribution >= 0.6 is 11.3 Å². The lowest BCUT2D eigenvalue weighted by molar-refractivity contribution is 0.0955. The topological polar surface area (TPSA) is 84.7 Å². The zero-order chi connectivity index (χ0) is 20.9. The van der Waals surface area contributed by atoms with Gasteiger partial charge in [0.05, 0.1) is 5.69 Å². The number of hydrogen-bond donors (Lipinski definition) is 2. The van der Waals surface area contributed by atoms with Crippen LogP contribution in [0.5, 0.6) is 0 Å². The highest BCUT2D eigenvalue weighted by Crippen LogP contribution is 2.24. The van der Waals surface area contributed by atoms with Crippen LogP contribution in [0.4, 0.5) is 5.82 Å². The van der Waals surface area contributed by atoms with Crippen LogP contribution in [-0.2, 0) is 0 Å². The second-order valence-corrected chi connectivity index (χ2v) is 7.73. The Balaban J connectivity index is 1.29. The standard InChI is InChI=1S/C22H22N6OS/c1-15-16(2)28(14-27-15)21-12-20(25-13-26-21)23-9-10-24-22(29)18-7-5-17(6-8-18)19-4-3-11-30-19/h3-8,11-14H,9-10H2,1-2H3,(H,24,29)(H,23,25,26). The van der Waals surface area contributed by atoms with E-state index in [0.717, 1.165) is 22.8 Å². The average molecular weight is 419 g/mol. The van der Waals surface area contributed by atoms with Gasteiger partial charge >= 0.3 is 0 Å². The Morgan fingerprint density at radius 2 is 1.90 bits per heavy atom. The van der Waals surface area contributed by atoms with Crippen LogP contribution in [-0.4, -0.2) is 38.5 Å². The molecule has 152 valence electrons. The highest BCUT2D eigenvalue weighted by molar-refractivity contribution is 7.13. The molecule has 0 saturated carbocycles. The first kappa shape index (κ1) is 19.8. The fourth-order valence-corrected chi connectivity index (χ4v) is 3.74. The van der Waals surface area contributed by atoms with Gasteiger partial charge in [0.2, 0.25) is 0 Å². The van der Waals surface area contributed by atoms with E-state index in [1.54, 1.807) is 17.7 Å². The average Bonchev–Trinajstić information content (AvgIpc) is 3.42. The largest absolute Gasteiger partial charge is 0.368 e. The summed E-state index contributed by atoms with van der Waals surface area (Å²) in [6.45, 7) is 5.00. The van der Waals surface area contributed by atoms with E-state index < -0.39 is 0 Å². The lowest BCUT2D eigenvalue weighted by atomic mass is 10.1. The van der Waals surface area contributed by atoms with Gasteiger partial charge in [0.15, 0.2) is 0 Å². The molecular formula is C22H22N6OS. The number of benzene rings is 1. The molecule has 0 atom stereocenters. The lowest BCUT2D eigenvalue weighted by Gasteiger charge is -2.09. The summed E-state index contributed by atoms with van der Waals surface area (Å²) in [6.07, 6.45) is 3.26. The molecule has 7 nitrogen and oxygen atoms in total. The number of amides is 1. The van der Waals surface area contributed by atoms with E-state index in [2.05, 4.69) is 31.7 Å². The molecule has 1 aromatic carbocycles. The monoisotopic (exact) mass is 418 g/mol. The van der Waals surface area contributed by atoms with E-state index >= 15 is 0 Å². The highest BCUT2D eigenvalue weighted by Gasteiger charge is 2.08. The van der Waals surface area contributed by atoms with Crippen LogP contribution in [0.3, 0.4) is 0 Å². The summed E-state index contributed by atoms with van der Waals surface area (Å²) in [5.41, 5.74) is 3.77. The molecule has 0 aliphatic rings. The Morgan fingerprint density at radius 1 is 1.07 bits per heavy atom. The minimum absolute atomic E-state index is 0.0950. The minimum Gasteiger partial charge on any atom is -0.368 e. The van der Waals surface area contributed by atoms with Crippen molar-refractivity contribution < 1.29 is 4.79 Å². The Morgan fingerprint density at radius 3 is 2.60 bits per heavy atom. The van der Waals surface area contributed by atoms with Crippen LogP contribution in [0.2, 0.25) is 0 Å². The number of anilines is 1. The molecule has 3 heterocycles. The number of carbonyl (C=O) groups is 1. The molecule has 1 amide bonds. The Kier molecular flexibility index (Phi) is 5.85. The van der Waals surface area contributed by atoms with E-state index in [0.29, 0.717) is 24.5 Å². The summed E-state index contributed by atoms with van der Waals surface area (Å²) in [5, 5.41) is 8.18. The first-order valence-corrected chi connectivity index (χ1v) is 10.5. The van der Waals surface area contributed by atoms with Crippen molar-refractivity contribution in [2.24, 2.45) is 0 Å². The number of thiophene rings is 1.